The maximum atomic E-state index is 13.5. The van der Waals surface area contributed by atoms with Gasteiger partial charge in [-0.25, -0.2) is 13.6 Å². The van der Waals surface area contributed by atoms with E-state index in [4.69, 9.17) is 0 Å². The Morgan fingerprint density at radius 2 is 1.79 bits per heavy atom. The van der Waals surface area contributed by atoms with E-state index in [1.54, 1.807) is 24.3 Å². The van der Waals surface area contributed by atoms with E-state index in [9.17, 15) is 28.6 Å². The normalized spacial score (nSPS) is 12.9. The van der Waals surface area contributed by atoms with Crippen LogP contribution in [0.3, 0.4) is 0 Å². The third kappa shape index (κ3) is 7.43. The van der Waals surface area contributed by atoms with Crippen LogP contribution >= 0.6 is 15.9 Å². The number of hydrogen-bond donors (Lipinski definition) is 3. The quantitative estimate of drug-likeness (QED) is 0.551. The molecule has 2 atom stereocenters. The number of carbonyl (C=O) groups excluding carboxylic acids is 1. The topological polar surface area (TPSA) is 89.9 Å². The Hall–Kier alpha value is -2.52. The van der Waals surface area contributed by atoms with Crippen LogP contribution in [0.15, 0.2) is 46.9 Å². The van der Waals surface area contributed by atoms with Crippen molar-refractivity contribution in [1.29, 1.82) is 0 Å². The zero-order chi connectivity index (χ0) is 21.6. The minimum absolute atomic E-state index is 0.0210. The van der Waals surface area contributed by atoms with Crippen molar-refractivity contribution >= 4 is 27.9 Å². The Balaban J connectivity index is 2.16. The van der Waals surface area contributed by atoms with Crippen molar-refractivity contribution in [2.45, 2.75) is 32.0 Å². The first-order valence-corrected chi connectivity index (χ1v) is 9.56. The van der Waals surface area contributed by atoms with E-state index in [2.05, 4.69) is 21.2 Å². The van der Waals surface area contributed by atoms with Gasteiger partial charge in [0.15, 0.2) is 0 Å². The number of nitrogens with zero attached hydrogens (tertiary/aromatic N) is 1. The number of aliphatic hydroxyl groups excluding tert-OH is 1. The van der Waals surface area contributed by atoms with E-state index >= 15 is 0 Å². The zero-order valence-corrected chi connectivity index (χ0v) is 17.2. The summed E-state index contributed by atoms with van der Waals surface area (Å²) in [7, 11) is 0. The molecule has 156 valence electrons. The monoisotopic (exact) mass is 470 g/mol. The molecule has 2 rings (SSSR count). The first kappa shape index (κ1) is 22.8. The fourth-order valence-electron chi connectivity index (χ4n) is 2.95. The number of aliphatic hydroxyl groups is 1. The highest BCUT2D eigenvalue weighted by molar-refractivity contribution is 9.10. The number of amides is 2. The van der Waals surface area contributed by atoms with Gasteiger partial charge in [-0.3, -0.25) is 4.79 Å². The summed E-state index contributed by atoms with van der Waals surface area (Å²) < 4.78 is 27.7. The average Bonchev–Trinajstić information content (AvgIpc) is 2.59. The molecule has 0 saturated heterocycles. The smallest absolute Gasteiger partial charge is 0.407 e. The molecule has 0 spiro atoms. The molecule has 0 saturated carbocycles. The fourth-order valence-corrected chi connectivity index (χ4v) is 3.39. The lowest BCUT2D eigenvalue weighted by atomic mass is 10.00. The van der Waals surface area contributed by atoms with Gasteiger partial charge in [0.2, 0.25) is 5.91 Å². The molecule has 9 heteroatoms. The van der Waals surface area contributed by atoms with Gasteiger partial charge in [0.05, 0.1) is 18.7 Å². The first-order chi connectivity index (χ1) is 13.6. The van der Waals surface area contributed by atoms with Crippen LogP contribution in [0.25, 0.3) is 0 Å². The predicted octanol–water partition coefficient (Wildman–Crippen LogP) is 3.32. The van der Waals surface area contributed by atoms with Crippen molar-refractivity contribution in [3.8, 4) is 0 Å². The summed E-state index contributed by atoms with van der Waals surface area (Å²) in [4.78, 5) is 24.2. The molecule has 0 aliphatic carbocycles. The fraction of sp³-hybridized carbons (Fsp3) is 0.300. The summed E-state index contributed by atoms with van der Waals surface area (Å²) in [6, 6.07) is 9.04. The summed E-state index contributed by atoms with van der Waals surface area (Å²) in [5.74, 6) is -2.02. The van der Waals surface area contributed by atoms with Crippen LogP contribution in [-0.2, 0) is 17.8 Å². The standard InChI is InChI=1S/C20H21BrF2N2O4/c1-12(26)24-18(8-14-6-16(22)9-17(23)7-14)19(27)11-25(20(28)29)10-13-3-2-4-15(21)5-13/h2-7,9,18-19,27H,8,10-11H2,1H3,(H,24,26)(H,28,29). The van der Waals surface area contributed by atoms with Gasteiger partial charge in [0, 0.05) is 24.0 Å². The van der Waals surface area contributed by atoms with Crippen molar-refractivity contribution in [2.24, 2.45) is 0 Å². The number of halogens is 3. The Morgan fingerprint density at radius 1 is 1.14 bits per heavy atom. The van der Waals surface area contributed by atoms with Crippen molar-refractivity contribution in [1.82, 2.24) is 10.2 Å². The maximum absolute atomic E-state index is 13.5. The van der Waals surface area contributed by atoms with E-state index in [1.807, 2.05) is 0 Å². The van der Waals surface area contributed by atoms with Gasteiger partial charge in [0.25, 0.3) is 0 Å². The third-order valence-electron chi connectivity index (χ3n) is 4.17. The van der Waals surface area contributed by atoms with Gasteiger partial charge in [-0.15, -0.1) is 0 Å². The highest BCUT2D eigenvalue weighted by Crippen LogP contribution is 2.16. The van der Waals surface area contributed by atoms with E-state index < -0.39 is 35.8 Å². The second-order valence-electron chi connectivity index (χ2n) is 6.65. The molecule has 0 aliphatic heterocycles. The van der Waals surface area contributed by atoms with E-state index in [1.165, 1.54) is 6.92 Å². The first-order valence-electron chi connectivity index (χ1n) is 8.76. The number of benzene rings is 2. The number of carbonyl (C=O) groups is 2. The number of hydrogen-bond acceptors (Lipinski definition) is 3. The van der Waals surface area contributed by atoms with Crippen LogP contribution in [0.2, 0.25) is 0 Å². The van der Waals surface area contributed by atoms with Gasteiger partial charge < -0.3 is 20.4 Å². The molecule has 3 N–H and O–H groups in total. The molecule has 2 amide bonds. The molecule has 2 aromatic rings. The SMILES string of the molecule is CC(=O)NC(Cc1cc(F)cc(F)c1)C(O)CN(Cc1cccc(Br)c1)C(=O)O. The lowest BCUT2D eigenvalue weighted by Crippen LogP contribution is -2.49. The second kappa shape index (κ2) is 10.3. The lowest BCUT2D eigenvalue weighted by molar-refractivity contribution is -0.120. The van der Waals surface area contributed by atoms with Gasteiger partial charge in [-0.05, 0) is 41.8 Å². The van der Waals surface area contributed by atoms with Gasteiger partial charge in [0.1, 0.15) is 11.6 Å². The van der Waals surface area contributed by atoms with E-state index in [-0.39, 0.29) is 25.1 Å². The van der Waals surface area contributed by atoms with Gasteiger partial charge >= 0.3 is 6.09 Å². The Bertz CT molecular complexity index is 861. The molecule has 0 fully saturated rings. The van der Waals surface area contributed by atoms with Crippen LogP contribution in [-0.4, -0.2) is 45.8 Å². The summed E-state index contributed by atoms with van der Waals surface area (Å²) in [6.45, 7) is 0.958. The molecule has 0 aliphatic rings. The van der Waals surface area contributed by atoms with Crippen LogP contribution in [0.4, 0.5) is 13.6 Å². The van der Waals surface area contributed by atoms with Crippen LogP contribution in [0, 0.1) is 11.6 Å². The molecular weight excluding hydrogens is 450 g/mol. The number of nitrogens with one attached hydrogen (secondary N) is 1. The minimum Gasteiger partial charge on any atom is -0.465 e. The van der Waals surface area contributed by atoms with Crippen molar-refractivity contribution in [2.75, 3.05) is 6.54 Å². The Morgan fingerprint density at radius 3 is 2.34 bits per heavy atom. The van der Waals surface area contributed by atoms with Gasteiger partial charge in [-0.1, -0.05) is 28.1 Å². The molecule has 0 heterocycles. The van der Waals surface area contributed by atoms with E-state index in [0.717, 1.165) is 27.6 Å². The number of rotatable bonds is 8. The summed E-state index contributed by atoms with van der Waals surface area (Å²) in [6.07, 6.45) is -2.62. The maximum Gasteiger partial charge on any atom is 0.407 e. The minimum atomic E-state index is -1.30. The molecule has 29 heavy (non-hydrogen) atoms. The number of carboxylic acid groups (broad SMARTS) is 1. The molecule has 2 aromatic carbocycles. The van der Waals surface area contributed by atoms with Crippen molar-refractivity contribution < 1.29 is 28.6 Å². The molecule has 6 nitrogen and oxygen atoms in total. The predicted molar refractivity (Wildman–Crippen MR) is 106 cm³/mol. The zero-order valence-electron chi connectivity index (χ0n) is 15.6. The molecule has 0 radical (unpaired) electrons. The molecular formula is C20H21BrF2N2O4. The van der Waals surface area contributed by atoms with Crippen LogP contribution in [0.5, 0.6) is 0 Å². The molecule has 2 unspecified atom stereocenters. The van der Waals surface area contributed by atoms with Crippen molar-refractivity contribution in [3.05, 3.63) is 69.7 Å². The second-order valence-corrected chi connectivity index (χ2v) is 7.56. The third-order valence-corrected chi connectivity index (χ3v) is 4.66. The van der Waals surface area contributed by atoms with Gasteiger partial charge in [-0.2, -0.15) is 0 Å². The lowest BCUT2D eigenvalue weighted by Gasteiger charge is -2.28. The highest BCUT2D eigenvalue weighted by atomic mass is 79.9. The summed E-state index contributed by atoms with van der Waals surface area (Å²) >= 11 is 3.31. The summed E-state index contributed by atoms with van der Waals surface area (Å²) in [5, 5.41) is 22.6. The Kier molecular flexibility index (Phi) is 8.10. The molecule has 0 bridgehead atoms. The Labute approximate surface area is 175 Å². The average molecular weight is 471 g/mol. The van der Waals surface area contributed by atoms with Crippen LogP contribution in [0.1, 0.15) is 18.1 Å². The molecule has 0 aromatic heterocycles. The summed E-state index contributed by atoms with van der Waals surface area (Å²) in [5.41, 5.74) is 0.936. The van der Waals surface area contributed by atoms with Crippen LogP contribution < -0.4 is 5.32 Å². The van der Waals surface area contributed by atoms with E-state index in [0.29, 0.717) is 5.56 Å². The highest BCUT2D eigenvalue weighted by Gasteiger charge is 2.26. The largest absolute Gasteiger partial charge is 0.465 e. The van der Waals surface area contributed by atoms with Crippen molar-refractivity contribution in [3.63, 3.8) is 0 Å².